The molecule has 0 saturated heterocycles. The fourth-order valence-corrected chi connectivity index (χ4v) is 6.33. The van der Waals surface area contributed by atoms with E-state index in [4.69, 9.17) is 0 Å². The molecule has 1 heteroatoms. The van der Waals surface area contributed by atoms with Crippen LogP contribution < -0.4 is 4.90 Å². The number of hydrogen-bond donors (Lipinski definition) is 0. The van der Waals surface area contributed by atoms with Gasteiger partial charge in [-0.2, -0.15) is 0 Å². The van der Waals surface area contributed by atoms with Crippen molar-refractivity contribution in [2.45, 2.75) is 85.1 Å². The Morgan fingerprint density at radius 1 is 0.684 bits per heavy atom. The van der Waals surface area contributed by atoms with Gasteiger partial charge in [-0.05, 0) is 77.6 Å². The Balaban J connectivity index is 1.94. The van der Waals surface area contributed by atoms with Crippen LogP contribution in [0.2, 0.25) is 0 Å². The van der Waals surface area contributed by atoms with Gasteiger partial charge in [-0.25, -0.2) is 0 Å². The number of hydrogen-bond acceptors (Lipinski definition) is 1. The molecule has 0 spiro atoms. The van der Waals surface area contributed by atoms with Gasteiger partial charge >= 0.3 is 0 Å². The molecule has 1 aliphatic rings. The van der Waals surface area contributed by atoms with Crippen molar-refractivity contribution in [2.75, 3.05) is 4.90 Å². The van der Waals surface area contributed by atoms with E-state index in [-0.39, 0.29) is 11.0 Å². The minimum absolute atomic E-state index is 0.146. The molecule has 0 N–H and O–H groups in total. The molecule has 0 saturated carbocycles. The Bertz CT molecular complexity index is 1560. The molecule has 1 aliphatic carbocycles. The maximum Gasteiger partial charge on any atom is 0.0530 e. The van der Waals surface area contributed by atoms with Crippen LogP contribution in [0.15, 0.2) is 84.9 Å². The summed E-state index contributed by atoms with van der Waals surface area (Å²) in [5.74, 6) is -1.69. The summed E-state index contributed by atoms with van der Waals surface area (Å²) in [5, 5.41) is 0. The molecular weight excluding hydrogens is 458 g/mol. The van der Waals surface area contributed by atoms with Gasteiger partial charge in [0, 0.05) is 24.9 Å². The first-order valence-electron chi connectivity index (χ1n) is 14.8. The third kappa shape index (κ3) is 4.17. The van der Waals surface area contributed by atoms with E-state index < -0.39 is 11.8 Å². The monoisotopic (exact) mass is 503 g/mol. The maximum atomic E-state index is 9.54. The predicted molar refractivity (Wildman–Crippen MR) is 166 cm³/mol. The highest BCUT2D eigenvalue weighted by molar-refractivity contribution is 5.92. The molecule has 0 atom stereocenters. The van der Waals surface area contributed by atoms with Crippen LogP contribution in [0.25, 0.3) is 22.3 Å². The first-order chi connectivity index (χ1) is 18.5. The number of para-hydroxylation sites is 1. The van der Waals surface area contributed by atoms with Gasteiger partial charge in [0.1, 0.15) is 0 Å². The number of rotatable bonds is 5. The second kappa shape index (κ2) is 9.45. The molecule has 5 rings (SSSR count). The van der Waals surface area contributed by atoms with Gasteiger partial charge in [0.25, 0.3) is 0 Å². The molecule has 0 aromatic heterocycles. The standard InChI is InChI=1S/C37H43N/c1-24(2)27-19-15-20-28(26-16-11-10-12-17-26)35(27)38(36(5,6)7)32-23-22-31-34(33(32)25(3)4)29-18-13-14-21-30(29)37(31,8)9/h10-25H,1-9H3/i24D,25D. The number of anilines is 2. The molecule has 0 heterocycles. The lowest BCUT2D eigenvalue weighted by atomic mass is 9.81. The van der Waals surface area contributed by atoms with Crippen molar-refractivity contribution in [3.8, 4) is 22.3 Å². The molecule has 0 bridgehead atoms. The summed E-state index contributed by atoms with van der Waals surface area (Å²) in [7, 11) is 0. The van der Waals surface area contributed by atoms with Gasteiger partial charge in [-0.1, -0.05) is 120 Å². The molecular formula is C37H43N. The van der Waals surface area contributed by atoms with Gasteiger partial charge in [0.15, 0.2) is 0 Å². The van der Waals surface area contributed by atoms with E-state index >= 15 is 0 Å². The van der Waals surface area contributed by atoms with E-state index in [1.54, 1.807) is 0 Å². The van der Waals surface area contributed by atoms with Crippen molar-refractivity contribution in [3.05, 3.63) is 107 Å². The summed E-state index contributed by atoms with van der Waals surface area (Å²) in [5.41, 5.74) is 10.8. The van der Waals surface area contributed by atoms with Gasteiger partial charge < -0.3 is 4.90 Å². The third-order valence-corrected chi connectivity index (χ3v) is 8.02. The number of benzene rings is 4. The normalized spacial score (nSPS) is 15.4. The SMILES string of the molecule is [2H]C(C)(C)c1cccc(-c2ccccc2)c1N(c1ccc2c(c1C([2H])(C)C)-c1ccccc1C2(C)C)C(C)(C)C. The Morgan fingerprint density at radius 3 is 1.95 bits per heavy atom. The summed E-state index contributed by atoms with van der Waals surface area (Å²) in [6.07, 6.45) is 0. The average molecular weight is 504 g/mol. The van der Waals surface area contributed by atoms with Crippen molar-refractivity contribution in [2.24, 2.45) is 0 Å². The summed E-state index contributed by atoms with van der Waals surface area (Å²) in [6.45, 7) is 19.3. The lowest BCUT2D eigenvalue weighted by Gasteiger charge is -2.43. The van der Waals surface area contributed by atoms with Gasteiger partial charge in [0.2, 0.25) is 0 Å². The zero-order valence-corrected chi connectivity index (χ0v) is 24.5. The fourth-order valence-electron chi connectivity index (χ4n) is 6.33. The van der Waals surface area contributed by atoms with Crippen molar-refractivity contribution >= 4 is 11.4 Å². The molecule has 196 valence electrons. The Labute approximate surface area is 233 Å². The van der Waals surface area contributed by atoms with E-state index in [1.807, 2.05) is 33.8 Å². The van der Waals surface area contributed by atoms with E-state index in [9.17, 15) is 2.74 Å². The van der Waals surface area contributed by atoms with E-state index in [2.05, 4.69) is 118 Å². The van der Waals surface area contributed by atoms with Crippen molar-refractivity contribution in [1.29, 1.82) is 0 Å². The van der Waals surface area contributed by atoms with Crippen LogP contribution >= 0.6 is 0 Å². The molecule has 4 aromatic carbocycles. The van der Waals surface area contributed by atoms with Crippen LogP contribution in [0.5, 0.6) is 0 Å². The molecule has 0 radical (unpaired) electrons. The molecule has 4 aromatic rings. The van der Waals surface area contributed by atoms with Gasteiger partial charge in [-0.3, -0.25) is 0 Å². The highest BCUT2D eigenvalue weighted by Crippen LogP contribution is 2.55. The number of fused-ring (bicyclic) bond motifs is 3. The lowest BCUT2D eigenvalue weighted by Crippen LogP contribution is -2.39. The van der Waals surface area contributed by atoms with E-state index in [0.717, 1.165) is 33.6 Å². The van der Waals surface area contributed by atoms with Crippen LogP contribution in [-0.2, 0) is 5.41 Å². The van der Waals surface area contributed by atoms with Crippen molar-refractivity contribution < 1.29 is 2.74 Å². The zero-order valence-electron chi connectivity index (χ0n) is 26.5. The Kier molecular flexibility index (Phi) is 5.91. The summed E-state index contributed by atoms with van der Waals surface area (Å²) >= 11 is 0. The summed E-state index contributed by atoms with van der Waals surface area (Å²) < 4.78 is 18.8. The maximum absolute atomic E-state index is 9.54. The molecule has 0 fully saturated rings. The molecule has 0 unspecified atom stereocenters. The highest BCUT2D eigenvalue weighted by Gasteiger charge is 2.39. The summed E-state index contributed by atoms with van der Waals surface area (Å²) in [6, 6.07) is 30.1. The van der Waals surface area contributed by atoms with Crippen LogP contribution in [0.4, 0.5) is 11.4 Å². The van der Waals surface area contributed by atoms with Crippen LogP contribution in [0.1, 0.15) is 99.1 Å². The Morgan fingerprint density at radius 2 is 1.32 bits per heavy atom. The van der Waals surface area contributed by atoms with Crippen molar-refractivity contribution in [1.82, 2.24) is 0 Å². The van der Waals surface area contributed by atoms with Crippen LogP contribution in [0.3, 0.4) is 0 Å². The van der Waals surface area contributed by atoms with E-state index in [1.165, 1.54) is 22.3 Å². The molecule has 1 nitrogen and oxygen atoms in total. The van der Waals surface area contributed by atoms with E-state index in [0.29, 0.717) is 0 Å². The second-order valence-electron chi connectivity index (χ2n) is 12.6. The fraction of sp³-hybridized carbons (Fsp3) is 0.351. The molecule has 38 heavy (non-hydrogen) atoms. The second-order valence-corrected chi connectivity index (χ2v) is 12.6. The minimum Gasteiger partial charge on any atom is -0.335 e. The highest BCUT2D eigenvalue weighted by atomic mass is 15.2. The first-order valence-corrected chi connectivity index (χ1v) is 13.8. The Hall–Kier alpha value is -3.32. The zero-order chi connectivity index (χ0) is 29.3. The third-order valence-electron chi connectivity index (χ3n) is 8.02. The number of nitrogens with zero attached hydrogens (tertiary/aromatic N) is 1. The quantitative estimate of drug-likeness (QED) is 0.262. The van der Waals surface area contributed by atoms with Crippen LogP contribution in [0, 0.1) is 0 Å². The van der Waals surface area contributed by atoms with Gasteiger partial charge in [-0.15, -0.1) is 0 Å². The van der Waals surface area contributed by atoms with Gasteiger partial charge in [0.05, 0.1) is 5.69 Å². The lowest BCUT2D eigenvalue weighted by molar-refractivity contribution is 0.555. The van der Waals surface area contributed by atoms with Crippen molar-refractivity contribution in [3.63, 3.8) is 0 Å². The summed E-state index contributed by atoms with van der Waals surface area (Å²) in [4.78, 5) is 2.42. The topological polar surface area (TPSA) is 3.24 Å². The molecule has 0 amide bonds. The largest absolute Gasteiger partial charge is 0.335 e. The first kappa shape index (κ1) is 23.8. The average Bonchev–Trinajstić information content (AvgIpc) is 3.09. The smallest absolute Gasteiger partial charge is 0.0530 e. The minimum atomic E-state index is -0.865. The predicted octanol–water partition coefficient (Wildman–Crippen LogP) is 10.8. The molecule has 0 aliphatic heterocycles. The van der Waals surface area contributed by atoms with Crippen LogP contribution in [-0.4, -0.2) is 5.54 Å².